The van der Waals surface area contributed by atoms with Gasteiger partial charge in [-0.3, -0.25) is 4.90 Å². The zero-order valence-corrected chi connectivity index (χ0v) is 23.1. The van der Waals surface area contributed by atoms with Gasteiger partial charge in [-0.15, -0.1) is 0 Å². The van der Waals surface area contributed by atoms with Crippen LogP contribution >= 0.6 is 0 Å². The largest absolute Gasteiger partial charge is 0.378 e. The molecular formula is C26H54N4O6. The molecule has 0 aromatic carbocycles. The van der Waals surface area contributed by atoms with Crippen LogP contribution in [0.2, 0.25) is 0 Å². The lowest BCUT2D eigenvalue weighted by molar-refractivity contribution is 0.00343. The minimum absolute atomic E-state index is 0.541. The fourth-order valence-electron chi connectivity index (χ4n) is 3.63. The summed E-state index contributed by atoms with van der Waals surface area (Å²) in [5.74, 6) is 0. The first kappa shape index (κ1) is 33.4. The van der Waals surface area contributed by atoms with Crippen molar-refractivity contribution in [2.24, 2.45) is 5.73 Å². The third kappa shape index (κ3) is 21.4. The predicted octanol–water partition coefficient (Wildman–Crippen LogP) is 0.608. The molecule has 3 N–H and O–H groups in total. The molecule has 36 heavy (non-hydrogen) atoms. The molecule has 1 heterocycles. The maximum Gasteiger partial charge on any atom is 0.0701 e. The monoisotopic (exact) mass is 518 g/mol. The van der Waals surface area contributed by atoms with Gasteiger partial charge in [0.25, 0.3) is 0 Å². The molecule has 0 unspecified atom stereocenters. The van der Waals surface area contributed by atoms with Crippen LogP contribution < -0.4 is 11.1 Å². The second kappa shape index (κ2) is 26.0. The van der Waals surface area contributed by atoms with E-state index in [-0.39, 0.29) is 0 Å². The second-order valence-electron chi connectivity index (χ2n) is 8.86. The summed E-state index contributed by atoms with van der Waals surface area (Å²) in [6.45, 7) is 13.9. The fraction of sp³-hybridized carbons (Fsp3) is 0.923. The number of ether oxygens (including phenoxy) is 6. The Kier molecular flexibility index (Phi) is 24.1. The Hall–Kier alpha value is -0.660. The SMILES string of the molecule is CNCCOCCOCCOCCN(CCC=C1CCN(C)CC1)CCOCCOCCOCCN. The van der Waals surface area contributed by atoms with Crippen LogP contribution in [0.4, 0.5) is 0 Å². The number of nitrogens with one attached hydrogen (secondary N) is 1. The third-order valence-electron chi connectivity index (χ3n) is 5.86. The zero-order chi connectivity index (χ0) is 25.9. The molecule has 0 saturated carbocycles. The molecule has 10 heteroatoms. The Morgan fingerprint density at radius 1 is 0.722 bits per heavy atom. The summed E-state index contributed by atoms with van der Waals surface area (Å²) in [6, 6.07) is 0. The summed E-state index contributed by atoms with van der Waals surface area (Å²) in [5.41, 5.74) is 6.99. The van der Waals surface area contributed by atoms with Gasteiger partial charge in [0, 0.05) is 45.8 Å². The highest BCUT2D eigenvalue weighted by molar-refractivity contribution is 5.05. The van der Waals surface area contributed by atoms with Crippen molar-refractivity contribution >= 4 is 0 Å². The van der Waals surface area contributed by atoms with E-state index in [9.17, 15) is 0 Å². The first-order chi connectivity index (χ1) is 17.8. The van der Waals surface area contributed by atoms with E-state index in [1.165, 1.54) is 25.9 Å². The van der Waals surface area contributed by atoms with E-state index in [0.717, 1.165) is 32.6 Å². The Morgan fingerprint density at radius 2 is 1.19 bits per heavy atom. The van der Waals surface area contributed by atoms with Gasteiger partial charge in [-0.1, -0.05) is 11.6 Å². The molecule has 0 radical (unpaired) electrons. The molecule has 1 aliphatic heterocycles. The van der Waals surface area contributed by atoms with Crippen molar-refractivity contribution in [3.05, 3.63) is 11.6 Å². The van der Waals surface area contributed by atoms with E-state index in [1.807, 2.05) is 7.05 Å². The van der Waals surface area contributed by atoms with E-state index in [0.29, 0.717) is 85.8 Å². The number of nitrogens with zero attached hydrogens (tertiary/aromatic N) is 2. The van der Waals surface area contributed by atoms with Gasteiger partial charge >= 0.3 is 0 Å². The topological polar surface area (TPSA) is 99.9 Å². The van der Waals surface area contributed by atoms with Crippen molar-refractivity contribution in [3.8, 4) is 0 Å². The zero-order valence-electron chi connectivity index (χ0n) is 23.1. The van der Waals surface area contributed by atoms with Crippen LogP contribution in [0.5, 0.6) is 0 Å². The second-order valence-corrected chi connectivity index (χ2v) is 8.86. The smallest absolute Gasteiger partial charge is 0.0701 e. The number of nitrogens with two attached hydrogens (primary N) is 1. The molecule has 0 atom stereocenters. The van der Waals surface area contributed by atoms with Crippen molar-refractivity contribution in [3.63, 3.8) is 0 Å². The third-order valence-corrected chi connectivity index (χ3v) is 5.86. The molecular weight excluding hydrogens is 464 g/mol. The van der Waals surface area contributed by atoms with Gasteiger partial charge in [0.15, 0.2) is 0 Å². The van der Waals surface area contributed by atoms with Crippen molar-refractivity contribution in [1.29, 1.82) is 0 Å². The number of rotatable bonds is 26. The maximum absolute atomic E-state index is 5.80. The van der Waals surface area contributed by atoms with E-state index >= 15 is 0 Å². The van der Waals surface area contributed by atoms with E-state index in [1.54, 1.807) is 5.57 Å². The minimum Gasteiger partial charge on any atom is -0.378 e. The lowest BCUT2D eigenvalue weighted by Crippen LogP contribution is -2.32. The quantitative estimate of drug-likeness (QED) is 0.125. The van der Waals surface area contributed by atoms with Crippen LogP contribution in [0.25, 0.3) is 0 Å². The Balaban J connectivity index is 2.15. The summed E-state index contributed by atoms with van der Waals surface area (Å²) in [4.78, 5) is 4.82. The van der Waals surface area contributed by atoms with Gasteiger partial charge in [0.2, 0.25) is 0 Å². The average molecular weight is 519 g/mol. The first-order valence-electron chi connectivity index (χ1n) is 13.7. The molecule has 10 nitrogen and oxygen atoms in total. The Labute approximate surface area is 219 Å². The molecule has 0 aliphatic carbocycles. The lowest BCUT2D eigenvalue weighted by Gasteiger charge is -2.25. The highest BCUT2D eigenvalue weighted by atomic mass is 16.5. The number of likely N-dealkylation sites (N-methyl/N-ethyl adjacent to an activating group) is 1. The van der Waals surface area contributed by atoms with Gasteiger partial charge < -0.3 is 44.4 Å². The highest BCUT2D eigenvalue weighted by Gasteiger charge is 2.10. The summed E-state index contributed by atoms with van der Waals surface area (Å²) in [6.07, 6.45) is 5.90. The van der Waals surface area contributed by atoms with Crippen LogP contribution in [0, 0.1) is 0 Å². The number of likely N-dealkylation sites (tertiary alicyclic amines) is 1. The number of hydrogen-bond donors (Lipinski definition) is 2. The fourth-order valence-corrected chi connectivity index (χ4v) is 3.63. The summed E-state index contributed by atoms with van der Waals surface area (Å²) in [7, 11) is 4.11. The molecule has 1 aliphatic rings. The van der Waals surface area contributed by atoms with Gasteiger partial charge in [-0.2, -0.15) is 0 Å². The Morgan fingerprint density at radius 3 is 1.69 bits per heavy atom. The van der Waals surface area contributed by atoms with Crippen molar-refractivity contribution in [2.75, 3.05) is 139 Å². The molecule has 0 amide bonds. The summed E-state index contributed by atoms with van der Waals surface area (Å²) in [5, 5.41) is 3.05. The molecule has 214 valence electrons. The van der Waals surface area contributed by atoms with Crippen molar-refractivity contribution in [2.45, 2.75) is 19.3 Å². The van der Waals surface area contributed by atoms with Gasteiger partial charge in [-0.05, 0) is 33.4 Å². The van der Waals surface area contributed by atoms with Crippen LogP contribution in [0.15, 0.2) is 11.6 Å². The number of piperidine rings is 1. The molecule has 1 saturated heterocycles. The standard InChI is InChI=1S/C26H54N4O6/c1-28-8-15-32-19-23-36-25-21-34-17-13-30(9-3-4-26-5-10-29(2)11-6-26)12-16-33-20-24-35-22-18-31-14-7-27/h4,28H,3,5-25,27H2,1-2H3. The molecule has 1 fully saturated rings. The molecule has 0 aromatic rings. The van der Waals surface area contributed by atoms with Crippen LogP contribution in [0.3, 0.4) is 0 Å². The molecule has 0 bridgehead atoms. The van der Waals surface area contributed by atoms with Crippen molar-refractivity contribution < 1.29 is 28.4 Å². The maximum atomic E-state index is 5.80. The van der Waals surface area contributed by atoms with Gasteiger partial charge in [-0.25, -0.2) is 0 Å². The van der Waals surface area contributed by atoms with E-state index in [4.69, 9.17) is 34.2 Å². The predicted molar refractivity (Wildman–Crippen MR) is 144 cm³/mol. The lowest BCUT2D eigenvalue weighted by atomic mass is 10.0. The van der Waals surface area contributed by atoms with Gasteiger partial charge in [0.05, 0.1) is 79.3 Å². The summed E-state index contributed by atoms with van der Waals surface area (Å²) < 4.78 is 33.4. The van der Waals surface area contributed by atoms with E-state index in [2.05, 4.69) is 28.2 Å². The normalized spacial score (nSPS) is 14.7. The molecule has 0 aromatic heterocycles. The van der Waals surface area contributed by atoms with Crippen molar-refractivity contribution in [1.82, 2.24) is 15.1 Å². The molecule has 0 spiro atoms. The van der Waals surface area contributed by atoms with Crippen LogP contribution in [-0.4, -0.2) is 149 Å². The Bertz CT molecular complexity index is 491. The van der Waals surface area contributed by atoms with Crippen LogP contribution in [-0.2, 0) is 28.4 Å². The van der Waals surface area contributed by atoms with Gasteiger partial charge in [0.1, 0.15) is 0 Å². The minimum atomic E-state index is 0.541. The number of hydrogen-bond acceptors (Lipinski definition) is 10. The first-order valence-corrected chi connectivity index (χ1v) is 13.7. The van der Waals surface area contributed by atoms with E-state index < -0.39 is 0 Å². The average Bonchev–Trinajstić information content (AvgIpc) is 2.89. The van der Waals surface area contributed by atoms with Crippen LogP contribution in [0.1, 0.15) is 19.3 Å². The molecule has 1 rings (SSSR count). The highest BCUT2D eigenvalue weighted by Crippen LogP contribution is 2.15. The summed E-state index contributed by atoms with van der Waals surface area (Å²) >= 11 is 0.